The molecule has 0 aliphatic carbocycles. The molecule has 0 spiro atoms. The second-order valence-electron chi connectivity index (χ2n) is 6.09. The standard InChI is InChI=1S/C18H28N6O/c1-2-19-18(21-9-10-24-11-13-25-14-12-24)20-8-7-17-22-15-5-3-4-6-16(15)23-17/h3-6H,2,7-14H2,1H3,(H,22,23)(H2,19,20,21). The highest BCUT2D eigenvalue weighted by Crippen LogP contribution is 2.10. The Labute approximate surface area is 148 Å². The molecular formula is C18H28N6O. The lowest BCUT2D eigenvalue weighted by atomic mass is 10.3. The van der Waals surface area contributed by atoms with Crippen LogP contribution < -0.4 is 10.6 Å². The summed E-state index contributed by atoms with van der Waals surface area (Å²) in [5, 5.41) is 6.69. The van der Waals surface area contributed by atoms with Crippen molar-refractivity contribution in [3.8, 4) is 0 Å². The molecular weight excluding hydrogens is 316 g/mol. The van der Waals surface area contributed by atoms with E-state index in [1.54, 1.807) is 0 Å². The number of aliphatic imine (C=N–C) groups is 1. The summed E-state index contributed by atoms with van der Waals surface area (Å²) in [6.45, 7) is 9.18. The van der Waals surface area contributed by atoms with Gasteiger partial charge >= 0.3 is 0 Å². The number of aromatic nitrogens is 2. The van der Waals surface area contributed by atoms with Gasteiger partial charge in [0.05, 0.1) is 30.8 Å². The maximum atomic E-state index is 5.37. The largest absolute Gasteiger partial charge is 0.379 e. The van der Waals surface area contributed by atoms with E-state index < -0.39 is 0 Å². The fraction of sp³-hybridized carbons (Fsp3) is 0.556. The zero-order valence-corrected chi connectivity index (χ0v) is 14.9. The Morgan fingerprint density at radius 2 is 2.12 bits per heavy atom. The molecule has 7 heteroatoms. The van der Waals surface area contributed by atoms with Gasteiger partial charge in [-0.2, -0.15) is 0 Å². The van der Waals surface area contributed by atoms with Crippen LogP contribution in [0, 0.1) is 0 Å². The average molecular weight is 344 g/mol. The van der Waals surface area contributed by atoms with Crippen molar-refractivity contribution in [2.24, 2.45) is 4.99 Å². The number of fused-ring (bicyclic) bond motifs is 1. The molecule has 1 fully saturated rings. The molecule has 1 saturated heterocycles. The lowest BCUT2D eigenvalue weighted by molar-refractivity contribution is 0.0394. The highest BCUT2D eigenvalue weighted by atomic mass is 16.5. The summed E-state index contributed by atoms with van der Waals surface area (Å²) < 4.78 is 5.37. The molecule has 136 valence electrons. The zero-order chi connectivity index (χ0) is 17.3. The van der Waals surface area contributed by atoms with E-state index in [2.05, 4.69) is 43.5 Å². The number of nitrogens with zero attached hydrogens (tertiary/aromatic N) is 3. The number of guanidine groups is 1. The van der Waals surface area contributed by atoms with E-state index in [1.807, 2.05) is 18.2 Å². The Morgan fingerprint density at radius 1 is 1.28 bits per heavy atom. The van der Waals surface area contributed by atoms with Gasteiger partial charge in [-0.05, 0) is 19.1 Å². The Hall–Kier alpha value is -2.12. The fourth-order valence-electron chi connectivity index (χ4n) is 2.89. The third kappa shape index (κ3) is 5.44. The van der Waals surface area contributed by atoms with Crippen LogP contribution in [0.25, 0.3) is 11.0 Å². The van der Waals surface area contributed by atoms with Gasteiger partial charge in [0.25, 0.3) is 0 Å². The van der Waals surface area contributed by atoms with Crippen molar-refractivity contribution in [2.45, 2.75) is 13.3 Å². The molecule has 0 bridgehead atoms. The number of hydrogen-bond acceptors (Lipinski definition) is 4. The van der Waals surface area contributed by atoms with Gasteiger partial charge in [0.1, 0.15) is 5.82 Å². The van der Waals surface area contributed by atoms with Crippen LogP contribution in [0.2, 0.25) is 0 Å². The zero-order valence-electron chi connectivity index (χ0n) is 14.9. The van der Waals surface area contributed by atoms with Crippen LogP contribution in [0.15, 0.2) is 29.3 Å². The molecule has 1 aromatic carbocycles. The maximum Gasteiger partial charge on any atom is 0.191 e. The summed E-state index contributed by atoms with van der Waals surface area (Å²) >= 11 is 0. The highest BCUT2D eigenvalue weighted by Gasteiger charge is 2.09. The van der Waals surface area contributed by atoms with Crippen molar-refractivity contribution >= 4 is 17.0 Å². The third-order valence-corrected chi connectivity index (χ3v) is 4.23. The Morgan fingerprint density at radius 3 is 2.92 bits per heavy atom. The summed E-state index contributed by atoms with van der Waals surface area (Å²) in [6.07, 6.45) is 0.836. The van der Waals surface area contributed by atoms with Gasteiger partial charge in [0, 0.05) is 39.1 Å². The van der Waals surface area contributed by atoms with Crippen molar-refractivity contribution in [1.82, 2.24) is 25.5 Å². The molecule has 0 radical (unpaired) electrons. The number of hydrogen-bond donors (Lipinski definition) is 3. The number of nitrogens with one attached hydrogen (secondary N) is 3. The Balaban J connectivity index is 1.44. The number of para-hydroxylation sites is 2. The van der Waals surface area contributed by atoms with Gasteiger partial charge in [0.15, 0.2) is 5.96 Å². The van der Waals surface area contributed by atoms with Gasteiger partial charge < -0.3 is 20.4 Å². The number of benzene rings is 1. The predicted molar refractivity (Wildman–Crippen MR) is 101 cm³/mol. The van der Waals surface area contributed by atoms with Crippen molar-refractivity contribution < 1.29 is 4.74 Å². The molecule has 0 atom stereocenters. The second-order valence-corrected chi connectivity index (χ2v) is 6.09. The van der Waals surface area contributed by atoms with Crippen LogP contribution in [0.4, 0.5) is 0 Å². The van der Waals surface area contributed by atoms with Gasteiger partial charge in [-0.25, -0.2) is 4.98 Å². The van der Waals surface area contributed by atoms with Crippen LogP contribution >= 0.6 is 0 Å². The molecule has 1 aliphatic rings. The lowest BCUT2D eigenvalue weighted by Gasteiger charge is -2.25. The van der Waals surface area contributed by atoms with Gasteiger partial charge in [-0.15, -0.1) is 0 Å². The fourth-order valence-corrected chi connectivity index (χ4v) is 2.89. The Kier molecular flexibility index (Phi) is 6.64. The van der Waals surface area contributed by atoms with Crippen LogP contribution in [0.3, 0.4) is 0 Å². The SMILES string of the molecule is CCNC(=NCCN1CCOCC1)NCCc1nc2ccccc2[nH]1. The summed E-state index contributed by atoms with van der Waals surface area (Å²) in [5.41, 5.74) is 2.10. The first-order chi connectivity index (χ1) is 12.3. The average Bonchev–Trinajstić information content (AvgIpc) is 3.05. The van der Waals surface area contributed by atoms with E-state index in [0.717, 1.165) is 81.7 Å². The van der Waals surface area contributed by atoms with Crippen molar-refractivity contribution in [3.05, 3.63) is 30.1 Å². The number of ether oxygens (including phenoxy) is 1. The van der Waals surface area contributed by atoms with Crippen molar-refractivity contribution in [2.75, 3.05) is 52.5 Å². The van der Waals surface area contributed by atoms with E-state index in [1.165, 1.54) is 0 Å². The first kappa shape index (κ1) is 17.7. The van der Waals surface area contributed by atoms with Gasteiger partial charge in [-0.3, -0.25) is 9.89 Å². The lowest BCUT2D eigenvalue weighted by Crippen LogP contribution is -2.40. The summed E-state index contributed by atoms with van der Waals surface area (Å²) in [7, 11) is 0. The molecule has 0 amide bonds. The molecule has 7 nitrogen and oxygen atoms in total. The molecule has 3 N–H and O–H groups in total. The summed E-state index contributed by atoms with van der Waals surface area (Å²) in [6, 6.07) is 8.11. The number of H-pyrrole nitrogens is 1. The van der Waals surface area contributed by atoms with Crippen LogP contribution in [0.1, 0.15) is 12.7 Å². The predicted octanol–water partition coefficient (Wildman–Crippen LogP) is 0.993. The monoisotopic (exact) mass is 344 g/mol. The molecule has 3 rings (SSSR count). The second kappa shape index (κ2) is 9.39. The minimum Gasteiger partial charge on any atom is -0.379 e. The smallest absolute Gasteiger partial charge is 0.191 e. The van der Waals surface area contributed by atoms with E-state index in [0.29, 0.717) is 0 Å². The first-order valence-electron chi connectivity index (χ1n) is 9.11. The minimum absolute atomic E-state index is 0.792. The number of morpholine rings is 1. The first-order valence-corrected chi connectivity index (χ1v) is 9.11. The number of imidazole rings is 1. The molecule has 2 aromatic rings. The van der Waals surface area contributed by atoms with Crippen molar-refractivity contribution in [1.29, 1.82) is 0 Å². The quantitative estimate of drug-likeness (QED) is 0.516. The van der Waals surface area contributed by atoms with Gasteiger partial charge in [0.2, 0.25) is 0 Å². The van der Waals surface area contributed by atoms with E-state index >= 15 is 0 Å². The molecule has 25 heavy (non-hydrogen) atoms. The third-order valence-electron chi connectivity index (χ3n) is 4.23. The van der Waals surface area contributed by atoms with Crippen LogP contribution in [-0.2, 0) is 11.2 Å². The van der Waals surface area contributed by atoms with E-state index in [9.17, 15) is 0 Å². The van der Waals surface area contributed by atoms with Crippen molar-refractivity contribution in [3.63, 3.8) is 0 Å². The van der Waals surface area contributed by atoms with E-state index in [4.69, 9.17) is 4.74 Å². The topological polar surface area (TPSA) is 77.6 Å². The Bertz CT molecular complexity index is 644. The summed E-state index contributed by atoms with van der Waals surface area (Å²) in [5.74, 6) is 1.87. The highest BCUT2D eigenvalue weighted by molar-refractivity contribution is 5.79. The molecule has 0 unspecified atom stereocenters. The minimum atomic E-state index is 0.792. The van der Waals surface area contributed by atoms with E-state index in [-0.39, 0.29) is 0 Å². The molecule has 0 saturated carbocycles. The molecule has 2 heterocycles. The van der Waals surface area contributed by atoms with Crippen LogP contribution in [0.5, 0.6) is 0 Å². The maximum absolute atomic E-state index is 5.37. The number of rotatable bonds is 7. The molecule has 1 aliphatic heterocycles. The number of aromatic amines is 1. The van der Waals surface area contributed by atoms with Crippen LogP contribution in [-0.4, -0.2) is 73.3 Å². The molecule has 1 aromatic heterocycles. The summed E-state index contributed by atoms with van der Waals surface area (Å²) in [4.78, 5) is 15.0. The normalized spacial score (nSPS) is 16.3. The van der Waals surface area contributed by atoms with Gasteiger partial charge in [-0.1, -0.05) is 12.1 Å².